The van der Waals surface area contributed by atoms with E-state index in [1.54, 1.807) is 4.90 Å². The van der Waals surface area contributed by atoms with Gasteiger partial charge in [-0.25, -0.2) is 0 Å². The summed E-state index contributed by atoms with van der Waals surface area (Å²) >= 11 is 0. The molecule has 1 atom stereocenters. The highest BCUT2D eigenvalue weighted by Gasteiger charge is 2.19. The smallest absolute Gasteiger partial charge is 0.237 e. The summed E-state index contributed by atoms with van der Waals surface area (Å²) in [4.78, 5) is 25.1. The van der Waals surface area contributed by atoms with E-state index in [0.29, 0.717) is 39.3 Å². The van der Waals surface area contributed by atoms with Crippen LogP contribution < -0.4 is 11.1 Å². The molecule has 1 saturated heterocycles. The van der Waals surface area contributed by atoms with E-state index in [4.69, 9.17) is 10.5 Å². The maximum absolute atomic E-state index is 11.8. The van der Waals surface area contributed by atoms with E-state index in [-0.39, 0.29) is 30.1 Å². The number of hydrogen-bond acceptors (Lipinski definition) is 4. The Morgan fingerprint density at radius 2 is 1.89 bits per heavy atom. The van der Waals surface area contributed by atoms with E-state index >= 15 is 0 Å². The Morgan fingerprint density at radius 1 is 1.32 bits per heavy atom. The molecule has 1 fully saturated rings. The molecule has 1 rings (SSSR count). The standard InChI is InChI=1S/C12H23N3O3.ClH/c1-9(2)11(13)12(17)14-4-3-10(16)15-5-7-18-8-6-15;/h9,11H,3-8,13H2,1-2H3,(H,14,17);1H/t11-;/m0./s1. The highest BCUT2D eigenvalue weighted by atomic mass is 35.5. The number of ether oxygens (including phenoxy) is 1. The Bertz CT molecular complexity index is 294. The van der Waals surface area contributed by atoms with E-state index in [0.717, 1.165) is 0 Å². The van der Waals surface area contributed by atoms with Crippen molar-refractivity contribution in [3.63, 3.8) is 0 Å². The molecule has 1 aliphatic heterocycles. The van der Waals surface area contributed by atoms with Gasteiger partial charge in [0.05, 0.1) is 19.3 Å². The molecule has 2 amide bonds. The lowest BCUT2D eigenvalue weighted by Crippen LogP contribution is -2.46. The van der Waals surface area contributed by atoms with Gasteiger partial charge in [-0.2, -0.15) is 0 Å². The van der Waals surface area contributed by atoms with Crippen LogP contribution in [0.3, 0.4) is 0 Å². The summed E-state index contributed by atoms with van der Waals surface area (Å²) in [5.41, 5.74) is 5.70. The fourth-order valence-corrected chi connectivity index (χ4v) is 1.68. The lowest BCUT2D eigenvalue weighted by Gasteiger charge is -2.27. The molecule has 6 nitrogen and oxygen atoms in total. The number of amides is 2. The molecule has 1 aliphatic rings. The van der Waals surface area contributed by atoms with Gasteiger partial charge in [-0.05, 0) is 5.92 Å². The Labute approximate surface area is 120 Å². The third-order valence-corrected chi connectivity index (χ3v) is 3.02. The maximum atomic E-state index is 11.8. The molecular formula is C12H24ClN3O3. The van der Waals surface area contributed by atoms with Crippen LogP contribution >= 0.6 is 12.4 Å². The molecule has 19 heavy (non-hydrogen) atoms. The van der Waals surface area contributed by atoms with Crippen LogP contribution in [0.1, 0.15) is 20.3 Å². The molecule has 7 heteroatoms. The lowest BCUT2D eigenvalue weighted by molar-refractivity contribution is -0.135. The lowest BCUT2D eigenvalue weighted by atomic mass is 10.1. The van der Waals surface area contributed by atoms with Gasteiger partial charge in [0.15, 0.2) is 0 Å². The van der Waals surface area contributed by atoms with Gasteiger partial charge < -0.3 is 20.7 Å². The molecule has 112 valence electrons. The first-order valence-corrected chi connectivity index (χ1v) is 6.41. The summed E-state index contributed by atoms with van der Waals surface area (Å²) in [5.74, 6) is -0.0450. The van der Waals surface area contributed by atoms with Gasteiger partial charge in [0.2, 0.25) is 11.8 Å². The normalized spacial score (nSPS) is 16.7. The highest BCUT2D eigenvalue weighted by Crippen LogP contribution is 2.00. The summed E-state index contributed by atoms with van der Waals surface area (Å²) in [5, 5.41) is 2.69. The summed E-state index contributed by atoms with van der Waals surface area (Å²) in [6.07, 6.45) is 0.316. The van der Waals surface area contributed by atoms with E-state index in [1.165, 1.54) is 0 Å². The van der Waals surface area contributed by atoms with E-state index in [9.17, 15) is 9.59 Å². The van der Waals surface area contributed by atoms with Crippen LogP contribution in [0.4, 0.5) is 0 Å². The number of hydrogen-bond donors (Lipinski definition) is 2. The van der Waals surface area contributed by atoms with Gasteiger partial charge in [-0.3, -0.25) is 9.59 Å². The fraction of sp³-hybridized carbons (Fsp3) is 0.833. The quantitative estimate of drug-likeness (QED) is 0.732. The predicted molar refractivity (Wildman–Crippen MR) is 75.1 cm³/mol. The van der Waals surface area contributed by atoms with Crippen LogP contribution in [0, 0.1) is 5.92 Å². The second-order valence-corrected chi connectivity index (χ2v) is 4.80. The predicted octanol–water partition coefficient (Wildman–Crippen LogP) is -0.243. The number of halogens is 1. The van der Waals surface area contributed by atoms with Crippen LogP contribution in [0.15, 0.2) is 0 Å². The van der Waals surface area contributed by atoms with E-state index in [1.807, 2.05) is 13.8 Å². The molecule has 0 radical (unpaired) electrons. The first-order valence-electron chi connectivity index (χ1n) is 6.41. The molecule has 0 unspecified atom stereocenters. The molecule has 0 aromatic heterocycles. The van der Waals surface area contributed by atoms with Crippen molar-refractivity contribution < 1.29 is 14.3 Å². The van der Waals surface area contributed by atoms with E-state index in [2.05, 4.69) is 5.32 Å². The Hall–Kier alpha value is -0.850. The van der Waals surface area contributed by atoms with Crippen LogP contribution in [0.2, 0.25) is 0 Å². The largest absolute Gasteiger partial charge is 0.378 e. The topological polar surface area (TPSA) is 84.7 Å². The third-order valence-electron chi connectivity index (χ3n) is 3.02. The van der Waals surface area contributed by atoms with Crippen molar-refractivity contribution in [3.05, 3.63) is 0 Å². The Kier molecular flexibility index (Phi) is 8.71. The first kappa shape index (κ1) is 18.1. The molecular weight excluding hydrogens is 270 g/mol. The van der Waals surface area contributed by atoms with Crippen LogP contribution in [0.5, 0.6) is 0 Å². The van der Waals surface area contributed by atoms with Crippen molar-refractivity contribution in [2.75, 3.05) is 32.8 Å². The fourth-order valence-electron chi connectivity index (χ4n) is 1.68. The number of nitrogens with zero attached hydrogens (tertiary/aromatic N) is 1. The van der Waals surface area contributed by atoms with Crippen LogP contribution in [0.25, 0.3) is 0 Å². The van der Waals surface area contributed by atoms with E-state index < -0.39 is 6.04 Å². The van der Waals surface area contributed by atoms with Crippen LogP contribution in [-0.4, -0.2) is 55.6 Å². The Morgan fingerprint density at radius 3 is 2.42 bits per heavy atom. The molecule has 0 aromatic rings. The number of nitrogens with two attached hydrogens (primary N) is 1. The first-order chi connectivity index (χ1) is 8.52. The summed E-state index contributed by atoms with van der Waals surface area (Å²) < 4.78 is 5.17. The highest BCUT2D eigenvalue weighted by molar-refractivity contribution is 5.85. The minimum atomic E-state index is -0.511. The van der Waals surface area contributed by atoms with Crippen molar-refractivity contribution >= 4 is 24.2 Å². The zero-order valence-electron chi connectivity index (χ0n) is 11.6. The number of rotatable bonds is 5. The molecule has 0 spiro atoms. The number of nitrogens with one attached hydrogen (secondary N) is 1. The van der Waals surface area contributed by atoms with Crippen LogP contribution in [-0.2, 0) is 14.3 Å². The molecule has 0 saturated carbocycles. The average molecular weight is 294 g/mol. The molecule has 3 N–H and O–H groups in total. The summed E-state index contributed by atoms with van der Waals surface area (Å²) in [6.45, 7) is 6.59. The Balaban J connectivity index is 0.00000324. The van der Waals surface area contributed by atoms with Gasteiger partial charge in [-0.1, -0.05) is 13.8 Å². The van der Waals surface area contributed by atoms with Crippen molar-refractivity contribution in [3.8, 4) is 0 Å². The third kappa shape index (κ3) is 6.22. The van der Waals surface area contributed by atoms with Crippen molar-refractivity contribution in [2.45, 2.75) is 26.3 Å². The number of carbonyl (C=O) groups excluding carboxylic acids is 2. The second kappa shape index (κ2) is 9.12. The van der Waals surface area contributed by atoms with Crippen molar-refractivity contribution in [1.29, 1.82) is 0 Å². The molecule has 1 heterocycles. The summed E-state index contributed by atoms with van der Waals surface area (Å²) in [6, 6.07) is -0.511. The van der Waals surface area contributed by atoms with Gasteiger partial charge in [0.25, 0.3) is 0 Å². The van der Waals surface area contributed by atoms with Crippen molar-refractivity contribution in [2.24, 2.45) is 11.7 Å². The van der Waals surface area contributed by atoms with Gasteiger partial charge >= 0.3 is 0 Å². The monoisotopic (exact) mass is 293 g/mol. The minimum Gasteiger partial charge on any atom is -0.378 e. The molecule has 0 aliphatic carbocycles. The minimum absolute atomic E-state index is 0. The van der Waals surface area contributed by atoms with Crippen molar-refractivity contribution in [1.82, 2.24) is 10.2 Å². The maximum Gasteiger partial charge on any atom is 0.237 e. The average Bonchev–Trinajstić information content (AvgIpc) is 2.38. The SMILES string of the molecule is CC(C)[C@H](N)C(=O)NCCC(=O)N1CCOCC1.Cl. The van der Waals surface area contributed by atoms with Gasteiger partial charge in [0.1, 0.15) is 0 Å². The molecule has 0 bridgehead atoms. The second-order valence-electron chi connectivity index (χ2n) is 4.80. The zero-order chi connectivity index (χ0) is 13.5. The molecule has 0 aromatic carbocycles. The number of morpholine rings is 1. The number of carbonyl (C=O) groups is 2. The van der Waals surface area contributed by atoms with Gasteiger partial charge in [-0.15, -0.1) is 12.4 Å². The summed E-state index contributed by atoms with van der Waals surface area (Å²) in [7, 11) is 0. The van der Waals surface area contributed by atoms with Gasteiger partial charge in [0, 0.05) is 26.1 Å². The zero-order valence-corrected chi connectivity index (χ0v) is 12.4.